The first-order chi connectivity index (χ1) is 7.57. The van der Waals surface area contributed by atoms with Gasteiger partial charge in [-0.2, -0.15) is 4.98 Å². The fourth-order valence-corrected chi connectivity index (χ4v) is 1.11. The van der Waals surface area contributed by atoms with E-state index in [1.165, 1.54) is 0 Å². The van der Waals surface area contributed by atoms with Gasteiger partial charge in [0.1, 0.15) is 5.60 Å². The molecule has 90 valence electrons. The van der Waals surface area contributed by atoms with Gasteiger partial charge in [0.2, 0.25) is 5.82 Å². The zero-order valence-corrected chi connectivity index (χ0v) is 9.94. The minimum Gasteiger partial charge on any atom is -0.459 e. The van der Waals surface area contributed by atoms with Crippen molar-refractivity contribution >= 4 is 5.97 Å². The van der Waals surface area contributed by atoms with E-state index in [1.807, 2.05) is 13.8 Å². The van der Waals surface area contributed by atoms with Gasteiger partial charge in [0.05, 0.1) is 6.61 Å². The summed E-state index contributed by atoms with van der Waals surface area (Å²) in [7, 11) is 1.56. The molecule has 1 unspecified atom stereocenters. The number of methoxy groups -OCH3 is 1. The molecule has 1 rings (SSSR count). The monoisotopic (exact) mass is 228 g/mol. The molecule has 1 heterocycles. The van der Waals surface area contributed by atoms with Crippen LogP contribution in [0.25, 0.3) is 0 Å². The lowest BCUT2D eigenvalue weighted by Crippen LogP contribution is -2.25. The van der Waals surface area contributed by atoms with Gasteiger partial charge in [-0.25, -0.2) is 4.79 Å². The smallest absolute Gasteiger partial charge is 0.397 e. The Morgan fingerprint density at radius 2 is 2.19 bits per heavy atom. The van der Waals surface area contributed by atoms with Crippen LogP contribution in [-0.2, 0) is 15.1 Å². The maximum absolute atomic E-state index is 11.3. The van der Waals surface area contributed by atoms with E-state index in [9.17, 15) is 4.79 Å². The van der Waals surface area contributed by atoms with Crippen molar-refractivity contribution in [1.82, 2.24) is 10.1 Å². The molecule has 0 fully saturated rings. The SMILES string of the molecule is CCOC(=O)c1nc(C(C)(CC)OC)no1. The quantitative estimate of drug-likeness (QED) is 0.711. The largest absolute Gasteiger partial charge is 0.459 e. The first-order valence-corrected chi connectivity index (χ1v) is 5.13. The maximum atomic E-state index is 11.3. The lowest BCUT2D eigenvalue weighted by molar-refractivity contribution is -0.0106. The van der Waals surface area contributed by atoms with Gasteiger partial charge in [-0.15, -0.1) is 0 Å². The summed E-state index contributed by atoms with van der Waals surface area (Å²) in [5.74, 6) is -0.412. The van der Waals surface area contributed by atoms with E-state index in [0.717, 1.165) is 0 Å². The highest BCUT2D eigenvalue weighted by molar-refractivity contribution is 5.83. The molecule has 0 bridgehead atoms. The van der Waals surface area contributed by atoms with Crippen LogP contribution in [-0.4, -0.2) is 29.8 Å². The van der Waals surface area contributed by atoms with Crippen LogP contribution in [0.4, 0.5) is 0 Å². The van der Waals surface area contributed by atoms with Crippen LogP contribution in [0.3, 0.4) is 0 Å². The summed E-state index contributed by atoms with van der Waals surface area (Å²) in [5, 5.41) is 3.72. The third kappa shape index (κ3) is 2.38. The molecular formula is C10H16N2O4. The van der Waals surface area contributed by atoms with E-state index in [1.54, 1.807) is 14.0 Å². The number of hydrogen-bond donors (Lipinski definition) is 0. The topological polar surface area (TPSA) is 74.5 Å². The molecule has 1 aromatic heterocycles. The Bertz CT molecular complexity index is 357. The molecular weight excluding hydrogens is 212 g/mol. The van der Waals surface area contributed by atoms with Gasteiger partial charge in [0, 0.05) is 7.11 Å². The molecule has 0 N–H and O–H groups in total. The second kappa shape index (κ2) is 5.07. The molecule has 16 heavy (non-hydrogen) atoms. The first kappa shape index (κ1) is 12.6. The van der Waals surface area contributed by atoms with Crippen LogP contribution in [0.2, 0.25) is 0 Å². The number of carbonyl (C=O) groups excluding carboxylic acids is 1. The van der Waals surface area contributed by atoms with Crippen LogP contribution < -0.4 is 0 Å². The highest BCUT2D eigenvalue weighted by Crippen LogP contribution is 2.25. The molecule has 0 saturated heterocycles. The van der Waals surface area contributed by atoms with Crippen LogP contribution >= 0.6 is 0 Å². The number of nitrogens with zero attached hydrogens (tertiary/aromatic N) is 2. The fourth-order valence-electron chi connectivity index (χ4n) is 1.11. The highest BCUT2D eigenvalue weighted by Gasteiger charge is 2.31. The molecule has 1 atom stereocenters. The molecule has 0 amide bonds. The average Bonchev–Trinajstić information content (AvgIpc) is 2.78. The summed E-state index contributed by atoms with van der Waals surface area (Å²) in [6.45, 7) is 5.74. The molecule has 0 aliphatic rings. The van der Waals surface area contributed by atoms with E-state index in [4.69, 9.17) is 14.0 Å². The second-order valence-electron chi connectivity index (χ2n) is 3.43. The van der Waals surface area contributed by atoms with E-state index in [-0.39, 0.29) is 12.5 Å². The number of carbonyl (C=O) groups is 1. The Balaban J connectivity index is 2.90. The minimum absolute atomic E-state index is 0.145. The Labute approximate surface area is 93.9 Å². The Kier molecular flexibility index (Phi) is 4.00. The molecule has 6 heteroatoms. The summed E-state index contributed by atoms with van der Waals surface area (Å²) < 4.78 is 14.8. The van der Waals surface area contributed by atoms with Gasteiger partial charge in [-0.1, -0.05) is 12.1 Å². The van der Waals surface area contributed by atoms with Crippen molar-refractivity contribution < 1.29 is 18.8 Å². The molecule has 0 aromatic carbocycles. The van der Waals surface area contributed by atoms with Gasteiger partial charge in [-0.05, 0) is 20.3 Å². The van der Waals surface area contributed by atoms with Crippen molar-refractivity contribution in [2.75, 3.05) is 13.7 Å². The van der Waals surface area contributed by atoms with Gasteiger partial charge < -0.3 is 14.0 Å². The number of hydrogen-bond acceptors (Lipinski definition) is 6. The second-order valence-corrected chi connectivity index (χ2v) is 3.43. The van der Waals surface area contributed by atoms with Crippen molar-refractivity contribution in [2.45, 2.75) is 32.8 Å². The maximum Gasteiger partial charge on any atom is 0.397 e. The summed E-state index contributed by atoms with van der Waals surface area (Å²) in [4.78, 5) is 15.3. The standard InChI is InChI=1S/C10H16N2O4/c1-5-10(3,14-4)9-11-7(16-12-9)8(13)15-6-2/h5-6H2,1-4H3. The normalized spacial score (nSPS) is 14.5. The van der Waals surface area contributed by atoms with E-state index in [0.29, 0.717) is 12.2 Å². The summed E-state index contributed by atoms with van der Waals surface area (Å²) >= 11 is 0. The van der Waals surface area contributed by atoms with Crippen LogP contribution in [0, 0.1) is 0 Å². The zero-order chi connectivity index (χ0) is 12.2. The lowest BCUT2D eigenvalue weighted by atomic mass is 10.0. The van der Waals surface area contributed by atoms with Crippen molar-refractivity contribution in [3.05, 3.63) is 11.7 Å². The van der Waals surface area contributed by atoms with Crippen LogP contribution in [0.5, 0.6) is 0 Å². The predicted molar refractivity (Wildman–Crippen MR) is 54.9 cm³/mol. The molecule has 1 aromatic rings. The number of esters is 1. The van der Waals surface area contributed by atoms with Crippen molar-refractivity contribution in [2.24, 2.45) is 0 Å². The number of ether oxygens (including phenoxy) is 2. The van der Waals surface area contributed by atoms with Crippen molar-refractivity contribution in [3.63, 3.8) is 0 Å². The fraction of sp³-hybridized carbons (Fsp3) is 0.700. The predicted octanol–water partition coefficient (Wildman–Crippen LogP) is 1.52. The molecule has 6 nitrogen and oxygen atoms in total. The Morgan fingerprint density at radius 1 is 1.50 bits per heavy atom. The average molecular weight is 228 g/mol. The first-order valence-electron chi connectivity index (χ1n) is 5.13. The molecule has 0 radical (unpaired) electrons. The van der Waals surface area contributed by atoms with Crippen LogP contribution in [0.15, 0.2) is 4.52 Å². The Hall–Kier alpha value is -1.43. The third-order valence-corrected chi connectivity index (χ3v) is 2.47. The molecule has 0 spiro atoms. The zero-order valence-electron chi connectivity index (χ0n) is 9.94. The van der Waals surface area contributed by atoms with Crippen LogP contribution in [0.1, 0.15) is 43.7 Å². The number of rotatable bonds is 5. The summed E-state index contributed by atoms with van der Waals surface area (Å²) in [6.07, 6.45) is 0.672. The van der Waals surface area contributed by atoms with Gasteiger partial charge in [0.15, 0.2) is 0 Å². The minimum atomic E-state index is -0.645. The Morgan fingerprint density at radius 3 is 2.69 bits per heavy atom. The molecule has 0 aliphatic heterocycles. The van der Waals surface area contributed by atoms with E-state index >= 15 is 0 Å². The highest BCUT2D eigenvalue weighted by atomic mass is 16.6. The number of aromatic nitrogens is 2. The van der Waals surface area contributed by atoms with Crippen molar-refractivity contribution in [3.8, 4) is 0 Å². The van der Waals surface area contributed by atoms with E-state index in [2.05, 4.69) is 10.1 Å². The summed E-state index contributed by atoms with van der Waals surface area (Å²) in [6, 6.07) is 0. The summed E-state index contributed by atoms with van der Waals surface area (Å²) in [5.41, 5.74) is -0.645. The van der Waals surface area contributed by atoms with Gasteiger partial charge in [0.25, 0.3) is 0 Å². The van der Waals surface area contributed by atoms with Gasteiger partial charge >= 0.3 is 11.9 Å². The third-order valence-electron chi connectivity index (χ3n) is 2.47. The van der Waals surface area contributed by atoms with Crippen molar-refractivity contribution in [1.29, 1.82) is 0 Å². The lowest BCUT2D eigenvalue weighted by Gasteiger charge is -2.21. The molecule has 0 saturated carbocycles. The van der Waals surface area contributed by atoms with E-state index < -0.39 is 11.6 Å². The van der Waals surface area contributed by atoms with Gasteiger partial charge in [-0.3, -0.25) is 0 Å². The molecule has 0 aliphatic carbocycles.